The van der Waals surface area contributed by atoms with Gasteiger partial charge in [0.1, 0.15) is 0 Å². The Balaban J connectivity index is 1.70. The molecule has 1 saturated heterocycles. The molecule has 1 spiro atoms. The number of hydrogen-bond donors (Lipinski definition) is 1. The van der Waals surface area contributed by atoms with Gasteiger partial charge in [-0.25, -0.2) is 0 Å². The van der Waals surface area contributed by atoms with E-state index in [1.165, 1.54) is 56.0 Å². The van der Waals surface area contributed by atoms with Crippen LogP contribution in [0.5, 0.6) is 0 Å². The fourth-order valence-corrected chi connectivity index (χ4v) is 4.35. The van der Waals surface area contributed by atoms with E-state index in [1.807, 2.05) is 11.8 Å². The molecule has 0 radical (unpaired) electrons. The topological polar surface area (TPSA) is 27.6 Å². The fraction of sp³-hybridized carbons (Fsp3) is 0.933. The van der Waals surface area contributed by atoms with Gasteiger partial charge < -0.3 is 10.2 Å². The van der Waals surface area contributed by atoms with Crippen molar-refractivity contribution >= 4 is 16.9 Å². The molecule has 1 N–H and O–H groups in total. The molecule has 0 atom stereocenters. The van der Waals surface area contributed by atoms with Crippen LogP contribution in [0.4, 0.5) is 0 Å². The summed E-state index contributed by atoms with van der Waals surface area (Å²) >= 11 is 1.94. The van der Waals surface area contributed by atoms with Gasteiger partial charge in [-0.15, -0.1) is 0 Å². The highest BCUT2D eigenvalue weighted by Crippen LogP contribution is 2.36. The largest absolute Gasteiger partial charge is 0.359 e. The highest BCUT2D eigenvalue weighted by Gasteiger charge is 2.37. The van der Waals surface area contributed by atoms with Gasteiger partial charge in [0.25, 0.3) is 0 Å². The van der Waals surface area contributed by atoms with Crippen molar-refractivity contribution in [2.45, 2.75) is 57.9 Å². The third-order valence-corrected chi connectivity index (χ3v) is 5.65. The van der Waals surface area contributed by atoms with Gasteiger partial charge in [-0.2, -0.15) is 0 Å². The van der Waals surface area contributed by atoms with E-state index in [1.54, 1.807) is 0 Å². The molecule has 1 aliphatic heterocycles. The summed E-state index contributed by atoms with van der Waals surface area (Å²) in [7, 11) is 0. The van der Waals surface area contributed by atoms with E-state index in [0.29, 0.717) is 5.54 Å². The SMILES string of the molecule is CCN(CC)CCCN=C1NC2(CCCCC2)CS1. The zero-order valence-corrected chi connectivity index (χ0v) is 13.4. The zero-order valence-electron chi connectivity index (χ0n) is 12.6. The van der Waals surface area contributed by atoms with E-state index < -0.39 is 0 Å². The second-order valence-corrected chi connectivity index (χ2v) is 6.79. The second kappa shape index (κ2) is 7.53. The lowest BCUT2D eigenvalue weighted by Gasteiger charge is -2.32. The average molecular weight is 283 g/mol. The van der Waals surface area contributed by atoms with Crippen molar-refractivity contribution in [3.05, 3.63) is 0 Å². The summed E-state index contributed by atoms with van der Waals surface area (Å²) in [5.74, 6) is 1.24. The van der Waals surface area contributed by atoms with Crippen LogP contribution in [0.2, 0.25) is 0 Å². The lowest BCUT2D eigenvalue weighted by atomic mass is 9.83. The molecule has 2 aliphatic rings. The molecule has 2 rings (SSSR count). The molecule has 0 unspecified atom stereocenters. The third-order valence-electron chi connectivity index (χ3n) is 4.45. The minimum Gasteiger partial charge on any atom is -0.359 e. The highest BCUT2D eigenvalue weighted by molar-refractivity contribution is 8.14. The molecule has 1 saturated carbocycles. The summed E-state index contributed by atoms with van der Waals surface area (Å²) < 4.78 is 0. The minimum atomic E-state index is 0.403. The molecule has 0 aromatic rings. The lowest BCUT2D eigenvalue weighted by Crippen LogP contribution is -2.45. The number of thioether (sulfide) groups is 1. The molecule has 0 amide bonds. The Morgan fingerprint density at radius 3 is 2.63 bits per heavy atom. The number of hydrogen-bond acceptors (Lipinski definition) is 3. The third kappa shape index (κ3) is 4.38. The first-order valence-corrected chi connectivity index (χ1v) is 8.94. The number of nitrogens with zero attached hydrogens (tertiary/aromatic N) is 2. The molecule has 110 valence electrons. The predicted octanol–water partition coefficient (Wildman–Crippen LogP) is 3.11. The Kier molecular flexibility index (Phi) is 6.02. The van der Waals surface area contributed by atoms with E-state index in [9.17, 15) is 0 Å². The van der Waals surface area contributed by atoms with Gasteiger partial charge in [0.2, 0.25) is 0 Å². The molecule has 1 aliphatic carbocycles. The van der Waals surface area contributed by atoms with Crippen molar-refractivity contribution in [2.75, 3.05) is 31.9 Å². The Bertz CT molecular complexity index is 294. The van der Waals surface area contributed by atoms with E-state index in [-0.39, 0.29) is 0 Å². The zero-order chi connectivity index (χ0) is 13.6. The van der Waals surface area contributed by atoms with Crippen LogP contribution in [0.15, 0.2) is 4.99 Å². The maximum Gasteiger partial charge on any atom is 0.157 e. The van der Waals surface area contributed by atoms with Crippen LogP contribution in [0.25, 0.3) is 0 Å². The monoisotopic (exact) mass is 283 g/mol. The summed E-state index contributed by atoms with van der Waals surface area (Å²) in [5, 5.41) is 4.93. The maximum atomic E-state index is 4.76. The van der Waals surface area contributed by atoms with Gasteiger partial charge in [0, 0.05) is 17.8 Å². The normalized spacial score (nSPS) is 24.3. The Morgan fingerprint density at radius 2 is 1.95 bits per heavy atom. The number of aliphatic imine (C=N–C) groups is 1. The van der Waals surface area contributed by atoms with Crippen LogP contribution in [0.3, 0.4) is 0 Å². The summed E-state index contributed by atoms with van der Waals surface area (Å²) in [6.07, 6.45) is 8.08. The first-order valence-electron chi connectivity index (χ1n) is 7.96. The average Bonchev–Trinajstić information content (AvgIpc) is 2.83. The van der Waals surface area contributed by atoms with Crippen LogP contribution < -0.4 is 5.32 Å². The molecular formula is C15H29N3S. The Hall–Kier alpha value is -0.220. The van der Waals surface area contributed by atoms with E-state index in [2.05, 4.69) is 24.1 Å². The fourth-order valence-electron chi connectivity index (χ4n) is 3.10. The van der Waals surface area contributed by atoms with Crippen LogP contribution in [0, 0.1) is 0 Å². The first-order chi connectivity index (χ1) is 9.28. The highest BCUT2D eigenvalue weighted by atomic mass is 32.2. The van der Waals surface area contributed by atoms with Gasteiger partial charge in [-0.05, 0) is 38.9 Å². The van der Waals surface area contributed by atoms with Gasteiger partial charge in [0.05, 0.1) is 0 Å². The van der Waals surface area contributed by atoms with E-state index in [0.717, 1.165) is 19.6 Å². The minimum absolute atomic E-state index is 0.403. The molecule has 19 heavy (non-hydrogen) atoms. The smallest absolute Gasteiger partial charge is 0.157 e. The molecular weight excluding hydrogens is 254 g/mol. The maximum absolute atomic E-state index is 4.76. The van der Waals surface area contributed by atoms with Crippen LogP contribution in [-0.4, -0.2) is 47.5 Å². The number of amidine groups is 1. The van der Waals surface area contributed by atoms with Gasteiger partial charge in [0.15, 0.2) is 5.17 Å². The lowest BCUT2D eigenvalue weighted by molar-refractivity contribution is 0.300. The summed E-state index contributed by atoms with van der Waals surface area (Å²) in [6, 6.07) is 0. The molecule has 4 heteroatoms. The number of rotatable bonds is 6. The summed E-state index contributed by atoms with van der Waals surface area (Å²) in [5.41, 5.74) is 0.403. The van der Waals surface area contributed by atoms with Crippen LogP contribution in [0.1, 0.15) is 52.4 Å². The molecule has 1 heterocycles. The second-order valence-electron chi connectivity index (χ2n) is 5.82. The molecule has 0 aromatic carbocycles. The summed E-state index contributed by atoms with van der Waals surface area (Å²) in [6.45, 7) is 8.93. The molecule has 0 aromatic heterocycles. The summed E-state index contributed by atoms with van der Waals surface area (Å²) in [4.78, 5) is 7.23. The van der Waals surface area contributed by atoms with Gasteiger partial charge in [-0.1, -0.05) is 44.9 Å². The Morgan fingerprint density at radius 1 is 1.21 bits per heavy atom. The van der Waals surface area contributed by atoms with Crippen molar-refractivity contribution in [1.29, 1.82) is 0 Å². The molecule has 2 fully saturated rings. The first kappa shape index (κ1) is 15.2. The standard InChI is InChI=1S/C15H29N3S/c1-3-18(4-2)12-8-11-16-14-17-15(13-19-14)9-6-5-7-10-15/h3-13H2,1-2H3,(H,16,17). The predicted molar refractivity (Wildman–Crippen MR) is 86.1 cm³/mol. The molecule has 0 bridgehead atoms. The van der Waals surface area contributed by atoms with Crippen molar-refractivity contribution in [3.8, 4) is 0 Å². The van der Waals surface area contributed by atoms with Crippen molar-refractivity contribution in [1.82, 2.24) is 10.2 Å². The van der Waals surface area contributed by atoms with E-state index >= 15 is 0 Å². The Labute approximate surface area is 122 Å². The quantitative estimate of drug-likeness (QED) is 0.759. The molecule has 3 nitrogen and oxygen atoms in total. The van der Waals surface area contributed by atoms with Crippen LogP contribution in [-0.2, 0) is 0 Å². The van der Waals surface area contributed by atoms with Gasteiger partial charge >= 0.3 is 0 Å². The van der Waals surface area contributed by atoms with Crippen molar-refractivity contribution in [3.63, 3.8) is 0 Å². The van der Waals surface area contributed by atoms with E-state index in [4.69, 9.17) is 4.99 Å². The van der Waals surface area contributed by atoms with Gasteiger partial charge in [-0.3, -0.25) is 4.99 Å². The van der Waals surface area contributed by atoms with Crippen LogP contribution >= 0.6 is 11.8 Å². The number of nitrogens with one attached hydrogen (secondary N) is 1. The van der Waals surface area contributed by atoms with Crippen molar-refractivity contribution < 1.29 is 0 Å². The van der Waals surface area contributed by atoms with Crippen molar-refractivity contribution in [2.24, 2.45) is 4.99 Å².